The van der Waals surface area contributed by atoms with E-state index in [2.05, 4.69) is 40.4 Å². The monoisotopic (exact) mass is 428 g/mol. The van der Waals surface area contributed by atoms with Crippen LogP contribution < -0.4 is 11.1 Å². The third kappa shape index (κ3) is 4.19. The van der Waals surface area contributed by atoms with E-state index < -0.39 is 0 Å². The second-order valence-corrected chi connectivity index (χ2v) is 6.39. The third-order valence-corrected chi connectivity index (χ3v) is 4.79. The highest BCUT2D eigenvalue weighted by Gasteiger charge is 2.11. The van der Waals surface area contributed by atoms with Gasteiger partial charge in [0.25, 0.3) is 0 Å². The van der Waals surface area contributed by atoms with E-state index in [-0.39, 0.29) is 24.0 Å². The van der Waals surface area contributed by atoms with Crippen molar-refractivity contribution < 1.29 is 0 Å². The van der Waals surface area contributed by atoms with Crippen LogP contribution in [0.1, 0.15) is 35.4 Å². The van der Waals surface area contributed by atoms with E-state index in [9.17, 15) is 0 Å². The predicted octanol–water partition coefficient (Wildman–Crippen LogP) is 3.78. The molecule has 0 aliphatic heterocycles. The number of halogens is 1. The first-order valence-corrected chi connectivity index (χ1v) is 8.18. The van der Waals surface area contributed by atoms with Gasteiger partial charge in [0, 0.05) is 23.2 Å². The van der Waals surface area contributed by atoms with Crippen molar-refractivity contribution in [2.24, 2.45) is 10.7 Å². The van der Waals surface area contributed by atoms with Gasteiger partial charge in [0.2, 0.25) is 0 Å². The number of nitrogens with two attached hydrogens (primary N) is 1. The van der Waals surface area contributed by atoms with Gasteiger partial charge in [-0.1, -0.05) is 13.0 Å². The number of nitrogens with zero attached hydrogens (tertiary/aromatic N) is 2. The quantitative estimate of drug-likeness (QED) is 0.443. The lowest BCUT2D eigenvalue weighted by atomic mass is 10.1. The van der Waals surface area contributed by atoms with E-state index in [0.29, 0.717) is 18.4 Å². The number of hydrogen-bond acceptors (Lipinski definition) is 3. The lowest BCUT2D eigenvalue weighted by Crippen LogP contribution is -2.23. The summed E-state index contributed by atoms with van der Waals surface area (Å²) in [5.41, 5.74) is 9.90. The first-order valence-electron chi connectivity index (χ1n) is 7.30. The lowest BCUT2D eigenvalue weighted by Gasteiger charge is -2.09. The number of fused-ring (bicyclic) bond motifs is 1. The molecule has 22 heavy (non-hydrogen) atoms. The van der Waals surface area contributed by atoms with E-state index >= 15 is 0 Å². The number of aryl methyl sites for hydroxylation is 2. The van der Waals surface area contributed by atoms with Crippen LogP contribution in [0.25, 0.3) is 0 Å². The summed E-state index contributed by atoms with van der Waals surface area (Å²) in [6.07, 6.45) is 5.45. The Morgan fingerprint density at radius 3 is 3.00 bits per heavy atom. The molecule has 0 amide bonds. The van der Waals surface area contributed by atoms with Crippen LogP contribution in [0.15, 0.2) is 34.8 Å². The molecule has 1 unspecified atom stereocenters. The maximum Gasteiger partial charge on any atom is 0.193 e. The fraction of sp³-hybridized carbons (Fsp3) is 0.375. The van der Waals surface area contributed by atoms with Crippen LogP contribution >= 0.6 is 35.3 Å². The Bertz CT molecular complexity index is 640. The molecule has 1 aliphatic carbocycles. The Morgan fingerprint density at radius 1 is 1.41 bits per heavy atom. The highest BCUT2D eigenvalue weighted by molar-refractivity contribution is 14.0. The molecule has 3 N–H and O–H groups in total. The van der Waals surface area contributed by atoms with Gasteiger partial charge in [0.15, 0.2) is 5.96 Å². The summed E-state index contributed by atoms with van der Waals surface area (Å²) in [4.78, 5) is 8.72. The van der Waals surface area contributed by atoms with Crippen LogP contribution in [0.2, 0.25) is 0 Å². The van der Waals surface area contributed by atoms with Crippen molar-refractivity contribution in [2.45, 2.75) is 32.1 Å². The molecule has 1 aromatic carbocycles. The molecule has 0 spiro atoms. The van der Waals surface area contributed by atoms with Crippen molar-refractivity contribution in [3.63, 3.8) is 0 Å². The molecule has 1 aromatic heterocycles. The molecule has 1 atom stereocenters. The molecule has 1 heterocycles. The predicted molar refractivity (Wildman–Crippen MR) is 105 cm³/mol. The number of thiazole rings is 1. The van der Waals surface area contributed by atoms with Crippen molar-refractivity contribution >= 4 is 47.0 Å². The zero-order chi connectivity index (χ0) is 14.7. The van der Waals surface area contributed by atoms with E-state index in [1.165, 1.54) is 30.4 Å². The van der Waals surface area contributed by atoms with Crippen molar-refractivity contribution in [3.8, 4) is 0 Å². The second-order valence-electron chi connectivity index (χ2n) is 5.46. The van der Waals surface area contributed by atoms with Crippen LogP contribution in [-0.4, -0.2) is 17.5 Å². The number of nitrogens with one attached hydrogen (secondary N) is 1. The van der Waals surface area contributed by atoms with Crippen molar-refractivity contribution in [2.75, 3.05) is 11.9 Å². The normalized spacial score (nSPS) is 15.0. The minimum Gasteiger partial charge on any atom is -0.370 e. The van der Waals surface area contributed by atoms with E-state index in [1.807, 2.05) is 11.6 Å². The molecule has 118 valence electrons. The van der Waals surface area contributed by atoms with Gasteiger partial charge >= 0.3 is 0 Å². The Hall–Kier alpha value is -1.15. The molecular weight excluding hydrogens is 407 g/mol. The minimum absolute atomic E-state index is 0. The fourth-order valence-corrected chi connectivity index (χ4v) is 3.32. The Balaban J connectivity index is 0.00000176. The Morgan fingerprint density at radius 2 is 2.23 bits per heavy atom. The first-order chi connectivity index (χ1) is 10.2. The molecule has 6 heteroatoms. The van der Waals surface area contributed by atoms with Crippen molar-refractivity contribution in [1.82, 2.24) is 4.98 Å². The molecule has 0 saturated heterocycles. The number of hydrogen-bond donors (Lipinski definition) is 2. The van der Waals surface area contributed by atoms with Crippen LogP contribution in [0, 0.1) is 0 Å². The van der Waals surface area contributed by atoms with Crippen LogP contribution in [0.3, 0.4) is 0 Å². The smallest absolute Gasteiger partial charge is 0.193 e. The third-order valence-electron chi connectivity index (χ3n) is 3.78. The van der Waals surface area contributed by atoms with Gasteiger partial charge in [0.05, 0.1) is 11.6 Å². The maximum atomic E-state index is 5.97. The number of rotatable bonds is 4. The molecule has 0 bridgehead atoms. The molecule has 0 radical (unpaired) electrons. The molecule has 3 rings (SSSR count). The average molecular weight is 428 g/mol. The van der Waals surface area contributed by atoms with Gasteiger partial charge in [-0.15, -0.1) is 35.3 Å². The van der Waals surface area contributed by atoms with Gasteiger partial charge < -0.3 is 11.1 Å². The zero-order valence-corrected chi connectivity index (χ0v) is 15.7. The molecule has 2 aromatic rings. The first kappa shape index (κ1) is 17.2. The summed E-state index contributed by atoms with van der Waals surface area (Å²) in [6, 6.07) is 6.46. The molecule has 4 nitrogen and oxygen atoms in total. The molecular formula is C16H21IN4S. The SMILES string of the molecule is CC(CN=C(N)Nc1ccc2c(c1)CCC2)c1nccs1.I. The highest BCUT2D eigenvalue weighted by atomic mass is 127. The minimum atomic E-state index is 0. The van der Waals surface area contributed by atoms with Gasteiger partial charge in [0.1, 0.15) is 0 Å². The van der Waals surface area contributed by atoms with E-state index in [0.717, 1.165) is 10.7 Å². The van der Waals surface area contributed by atoms with Crippen LogP contribution in [0.4, 0.5) is 5.69 Å². The topological polar surface area (TPSA) is 63.3 Å². The number of guanidine groups is 1. The standard InChI is InChI=1S/C16H20N4S.HI/c1-11(15-18-7-8-21-15)10-19-16(17)20-14-6-5-12-3-2-4-13(12)9-14;/h5-9,11H,2-4,10H2,1H3,(H3,17,19,20);1H. The molecule has 0 saturated carbocycles. The van der Waals surface area contributed by atoms with E-state index in [4.69, 9.17) is 5.73 Å². The maximum absolute atomic E-state index is 5.97. The van der Waals surface area contributed by atoms with E-state index in [1.54, 1.807) is 11.3 Å². The van der Waals surface area contributed by atoms with Crippen LogP contribution in [0.5, 0.6) is 0 Å². The number of anilines is 1. The van der Waals surface area contributed by atoms with Gasteiger partial charge in [-0.05, 0) is 42.5 Å². The van der Waals surface area contributed by atoms with Gasteiger partial charge in [-0.2, -0.15) is 0 Å². The zero-order valence-electron chi connectivity index (χ0n) is 12.6. The number of benzene rings is 1. The fourth-order valence-electron chi connectivity index (χ4n) is 2.63. The van der Waals surface area contributed by atoms with Gasteiger partial charge in [-0.3, -0.25) is 4.99 Å². The lowest BCUT2D eigenvalue weighted by molar-refractivity contribution is 0.766. The highest BCUT2D eigenvalue weighted by Crippen LogP contribution is 2.24. The van der Waals surface area contributed by atoms with Crippen LogP contribution in [-0.2, 0) is 12.8 Å². The Kier molecular flexibility index (Phi) is 6.19. The number of aliphatic imine (C=N–C) groups is 1. The summed E-state index contributed by atoms with van der Waals surface area (Å²) in [5, 5.41) is 6.27. The van der Waals surface area contributed by atoms with Crippen molar-refractivity contribution in [3.05, 3.63) is 45.9 Å². The summed E-state index contributed by atoms with van der Waals surface area (Å²) in [5.74, 6) is 0.765. The van der Waals surface area contributed by atoms with Crippen molar-refractivity contribution in [1.29, 1.82) is 0 Å². The largest absolute Gasteiger partial charge is 0.370 e. The number of aromatic nitrogens is 1. The summed E-state index contributed by atoms with van der Waals surface area (Å²) in [7, 11) is 0. The average Bonchev–Trinajstić information content (AvgIpc) is 3.15. The second kappa shape index (κ2) is 7.92. The summed E-state index contributed by atoms with van der Waals surface area (Å²) < 4.78 is 0. The molecule has 0 fully saturated rings. The summed E-state index contributed by atoms with van der Waals surface area (Å²) in [6.45, 7) is 2.77. The Labute approximate surface area is 152 Å². The van der Waals surface area contributed by atoms with Gasteiger partial charge in [-0.25, -0.2) is 4.98 Å². The summed E-state index contributed by atoms with van der Waals surface area (Å²) >= 11 is 1.66. The molecule has 1 aliphatic rings.